The highest BCUT2D eigenvalue weighted by molar-refractivity contribution is 5.98. The van der Waals surface area contributed by atoms with Crippen LogP contribution in [0.4, 0.5) is 15.9 Å². The molecule has 9 nitrogen and oxygen atoms in total. The highest BCUT2D eigenvalue weighted by Crippen LogP contribution is 2.28. The minimum atomic E-state index is -1.48. The van der Waals surface area contributed by atoms with Gasteiger partial charge in [0.25, 0.3) is 11.8 Å². The van der Waals surface area contributed by atoms with E-state index in [4.69, 9.17) is 15.0 Å². The van der Waals surface area contributed by atoms with Crippen LogP contribution in [0, 0.1) is 5.82 Å². The van der Waals surface area contributed by atoms with Crippen LogP contribution in [0.15, 0.2) is 65.2 Å². The number of nitrogens with zero attached hydrogens (tertiary/aromatic N) is 2. The fraction of sp³-hybridized carbons (Fsp3) is 0.192. The molecule has 2 amide bonds. The molecule has 1 unspecified atom stereocenters. The van der Waals surface area contributed by atoms with E-state index in [1.165, 1.54) is 12.1 Å². The fourth-order valence-corrected chi connectivity index (χ4v) is 4.09. The summed E-state index contributed by atoms with van der Waals surface area (Å²) in [6, 6.07) is 15.8. The molecule has 2 heterocycles. The number of ether oxygens (including phenoxy) is 1. The van der Waals surface area contributed by atoms with Gasteiger partial charge in [0.05, 0.1) is 24.2 Å². The van der Waals surface area contributed by atoms with Crippen LogP contribution in [0.5, 0.6) is 0 Å². The van der Waals surface area contributed by atoms with E-state index >= 15 is 0 Å². The number of aliphatic hydroxyl groups is 1. The Bertz CT molecular complexity index is 1450. The predicted molar refractivity (Wildman–Crippen MR) is 131 cm³/mol. The molecule has 1 aliphatic rings. The minimum Gasteiger partial charge on any atom is -0.380 e. The van der Waals surface area contributed by atoms with Crippen molar-refractivity contribution in [3.05, 3.63) is 77.6 Å². The van der Waals surface area contributed by atoms with E-state index in [1.54, 1.807) is 53.4 Å². The Balaban J connectivity index is 1.35. The van der Waals surface area contributed by atoms with Crippen LogP contribution >= 0.6 is 0 Å². The molecule has 0 spiro atoms. The molecule has 0 saturated carbocycles. The number of halogens is 1. The number of rotatable bonds is 5. The van der Waals surface area contributed by atoms with Crippen molar-refractivity contribution in [2.24, 2.45) is 0 Å². The lowest BCUT2D eigenvalue weighted by molar-refractivity contribution is -0.124. The topological polar surface area (TPSA) is 131 Å². The van der Waals surface area contributed by atoms with Gasteiger partial charge in [0, 0.05) is 24.8 Å². The quantitative estimate of drug-likeness (QED) is 0.391. The van der Waals surface area contributed by atoms with Crippen LogP contribution in [0.1, 0.15) is 22.0 Å². The third-order valence-corrected chi connectivity index (χ3v) is 6.05. The first kappa shape index (κ1) is 23.5. The summed E-state index contributed by atoms with van der Waals surface area (Å²) in [5, 5.41) is 17.6. The molecule has 5 rings (SSSR count). The number of amides is 2. The van der Waals surface area contributed by atoms with Crippen molar-refractivity contribution in [1.29, 1.82) is 0 Å². The molecular formula is C26H23FN4O5. The van der Waals surface area contributed by atoms with Gasteiger partial charge in [0.15, 0.2) is 17.5 Å². The zero-order valence-electron chi connectivity index (χ0n) is 19.1. The van der Waals surface area contributed by atoms with Gasteiger partial charge in [-0.25, -0.2) is 4.39 Å². The Morgan fingerprint density at radius 2 is 1.83 bits per heavy atom. The molecule has 0 bridgehead atoms. The van der Waals surface area contributed by atoms with Gasteiger partial charge in [-0.2, -0.15) is 0 Å². The number of hydrogen-bond acceptors (Lipinski definition) is 7. The maximum absolute atomic E-state index is 14.5. The van der Waals surface area contributed by atoms with E-state index in [0.29, 0.717) is 59.7 Å². The molecule has 1 fully saturated rings. The molecule has 1 aliphatic heterocycles. The lowest BCUT2D eigenvalue weighted by atomic mass is 9.98. The molecule has 0 aliphatic carbocycles. The van der Waals surface area contributed by atoms with E-state index in [2.05, 4.69) is 10.5 Å². The summed E-state index contributed by atoms with van der Waals surface area (Å²) in [5.74, 6) is -1.42. The van der Waals surface area contributed by atoms with Gasteiger partial charge in [-0.3, -0.25) is 9.59 Å². The maximum atomic E-state index is 14.5. The molecule has 1 atom stereocenters. The lowest BCUT2D eigenvalue weighted by Gasteiger charge is -2.27. The maximum Gasteiger partial charge on any atom is 0.257 e. The van der Waals surface area contributed by atoms with Crippen molar-refractivity contribution in [3.63, 3.8) is 0 Å². The van der Waals surface area contributed by atoms with Crippen molar-refractivity contribution in [2.45, 2.75) is 6.10 Å². The summed E-state index contributed by atoms with van der Waals surface area (Å²) in [4.78, 5) is 27.1. The number of nitrogens with one attached hydrogen (secondary N) is 1. The molecule has 1 aromatic heterocycles. The Hall–Kier alpha value is -4.28. The van der Waals surface area contributed by atoms with E-state index in [-0.39, 0.29) is 11.4 Å². The number of nitrogens with two attached hydrogens (primary N) is 1. The third kappa shape index (κ3) is 4.64. The van der Waals surface area contributed by atoms with Crippen LogP contribution in [0.3, 0.4) is 0 Å². The molecule has 0 radical (unpaired) electrons. The van der Waals surface area contributed by atoms with Crippen molar-refractivity contribution in [2.75, 3.05) is 37.4 Å². The smallest absolute Gasteiger partial charge is 0.257 e. The van der Waals surface area contributed by atoms with E-state index < -0.39 is 23.7 Å². The first-order valence-electron chi connectivity index (χ1n) is 11.3. The van der Waals surface area contributed by atoms with Crippen molar-refractivity contribution in [1.82, 2.24) is 10.1 Å². The number of morpholine rings is 1. The zero-order chi connectivity index (χ0) is 25.2. The second kappa shape index (κ2) is 9.76. The minimum absolute atomic E-state index is 0.0402. The van der Waals surface area contributed by atoms with E-state index in [9.17, 15) is 19.1 Å². The number of carbonyl (C=O) groups excluding carboxylic acids is 2. The highest BCUT2D eigenvalue weighted by atomic mass is 19.1. The summed E-state index contributed by atoms with van der Waals surface area (Å²) in [6.45, 7) is 1.62. The molecule has 36 heavy (non-hydrogen) atoms. The Morgan fingerprint density at radius 1 is 1.06 bits per heavy atom. The van der Waals surface area contributed by atoms with E-state index in [1.807, 2.05) is 0 Å². The van der Waals surface area contributed by atoms with Crippen LogP contribution in [0.25, 0.3) is 22.1 Å². The number of fused-ring (bicyclic) bond motifs is 1. The average Bonchev–Trinajstić information content (AvgIpc) is 3.28. The standard InChI is InChI=1S/C26H23FN4O5/c27-21-7-4-16(13-20(21)26(34)31-8-10-35-11-9-31)15-2-1-3-17(12-15)23(32)25(33)29-18-5-6-19-22(14-18)36-30-24(19)28/h1-7,12-14,23,32H,8-11H2,(H2,28,30)(H,29,33). The first-order chi connectivity index (χ1) is 17.4. The van der Waals surface area contributed by atoms with Crippen LogP contribution in [-0.2, 0) is 9.53 Å². The van der Waals surface area contributed by atoms with Crippen LogP contribution in [-0.4, -0.2) is 53.3 Å². The molecule has 4 aromatic rings. The van der Waals surface area contributed by atoms with Gasteiger partial charge < -0.3 is 30.3 Å². The Labute approximate surface area is 205 Å². The number of aliphatic hydroxyl groups excluding tert-OH is 1. The SMILES string of the molecule is Nc1noc2cc(NC(=O)C(O)c3cccc(-c4ccc(F)c(C(=O)N5CCOCC5)c4)c3)ccc12. The average molecular weight is 490 g/mol. The number of anilines is 2. The normalized spacial score (nSPS) is 14.6. The van der Waals surface area contributed by atoms with Crippen molar-refractivity contribution >= 4 is 34.3 Å². The highest BCUT2D eigenvalue weighted by Gasteiger charge is 2.23. The van der Waals surface area contributed by atoms with E-state index in [0.717, 1.165) is 0 Å². The second-order valence-electron chi connectivity index (χ2n) is 8.40. The lowest BCUT2D eigenvalue weighted by Crippen LogP contribution is -2.41. The summed E-state index contributed by atoms with van der Waals surface area (Å²) in [5.41, 5.74) is 8.01. The third-order valence-electron chi connectivity index (χ3n) is 6.05. The second-order valence-corrected chi connectivity index (χ2v) is 8.40. The molecular weight excluding hydrogens is 467 g/mol. The van der Waals surface area contributed by atoms with Gasteiger partial charge >= 0.3 is 0 Å². The van der Waals surface area contributed by atoms with Gasteiger partial charge in [0.2, 0.25) is 0 Å². The molecule has 4 N–H and O–H groups in total. The summed E-state index contributed by atoms with van der Waals surface area (Å²) in [7, 11) is 0. The van der Waals surface area contributed by atoms with Gasteiger partial charge in [-0.1, -0.05) is 29.4 Å². The van der Waals surface area contributed by atoms with Crippen LogP contribution < -0.4 is 11.1 Å². The number of nitrogen functional groups attached to an aromatic ring is 1. The molecule has 1 saturated heterocycles. The van der Waals surface area contributed by atoms with Gasteiger partial charge in [0.1, 0.15) is 5.82 Å². The summed E-state index contributed by atoms with van der Waals surface area (Å²) in [6.07, 6.45) is -1.48. The summed E-state index contributed by atoms with van der Waals surface area (Å²) < 4.78 is 24.9. The predicted octanol–water partition coefficient (Wildman–Crippen LogP) is 3.36. The zero-order valence-corrected chi connectivity index (χ0v) is 19.1. The fourth-order valence-electron chi connectivity index (χ4n) is 4.09. The molecule has 10 heteroatoms. The number of aromatic nitrogens is 1. The van der Waals surface area contributed by atoms with Crippen molar-refractivity contribution < 1.29 is 28.3 Å². The van der Waals surface area contributed by atoms with Gasteiger partial charge in [-0.15, -0.1) is 0 Å². The number of carbonyl (C=O) groups is 2. The monoisotopic (exact) mass is 490 g/mol. The molecule has 3 aromatic carbocycles. The number of benzene rings is 3. The number of hydrogen-bond donors (Lipinski definition) is 3. The largest absolute Gasteiger partial charge is 0.380 e. The van der Waals surface area contributed by atoms with Gasteiger partial charge in [-0.05, 0) is 47.0 Å². The first-order valence-corrected chi connectivity index (χ1v) is 11.3. The molecule has 184 valence electrons. The van der Waals surface area contributed by atoms with Crippen LogP contribution in [0.2, 0.25) is 0 Å². The summed E-state index contributed by atoms with van der Waals surface area (Å²) >= 11 is 0. The Morgan fingerprint density at radius 3 is 2.64 bits per heavy atom. The van der Waals surface area contributed by atoms with Crippen molar-refractivity contribution in [3.8, 4) is 11.1 Å². The Kier molecular flexibility index (Phi) is 6.36.